The summed E-state index contributed by atoms with van der Waals surface area (Å²) in [5.41, 5.74) is 2.60. The fourth-order valence-electron chi connectivity index (χ4n) is 1.07. The van der Waals surface area contributed by atoms with Gasteiger partial charge in [0.2, 0.25) is 0 Å². The van der Waals surface area contributed by atoms with Crippen LogP contribution in [0.15, 0.2) is 24.8 Å². The highest BCUT2D eigenvalue weighted by Gasteiger charge is 1.99. The Morgan fingerprint density at radius 1 is 0.786 bits per heavy atom. The van der Waals surface area contributed by atoms with Gasteiger partial charge in [0.05, 0.1) is 17.6 Å². The number of nitrogens with zero attached hydrogens (tertiary/aromatic N) is 4. The Morgan fingerprint density at radius 3 is 2.07 bits per heavy atom. The molecule has 0 N–H and O–H groups in total. The van der Waals surface area contributed by atoms with E-state index in [-0.39, 0.29) is 0 Å². The maximum Gasteiger partial charge on any atom is 0.125 e. The summed E-state index contributed by atoms with van der Waals surface area (Å²) in [5, 5.41) is 0. The first kappa shape index (κ1) is 8.74. The van der Waals surface area contributed by atoms with Gasteiger partial charge in [0, 0.05) is 24.2 Å². The zero-order valence-corrected chi connectivity index (χ0v) is 8.10. The molecule has 2 heterocycles. The largest absolute Gasteiger partial charge is 0.258 e. The molecule has 0 spiro atoms. The Kier molecular flexibility index (Phi) is 2.18. The first-order valence-corrected chi connectivity index (χ1v) is 4.33. The minimum Gasteiger partial charge on any atom is -0.258 e. The van der Waals surface area contributed by atoms with E-state index in [2.05, 4.69) is 19.9 Å². The zero-order valence-electron chi connectivity index (χ0n) is 8.10. The highest BCUT2D eigenvalue weighted by molar-refractivity contribution is 5.54. The van der Waals surface area contributed by atoms with Crippen LogP contribution in [0.2, 0.25) is 0 Å². The van der Waals surface area contributed by atoms with Crippen LogP contribution in [0.5, 0.6) is 0 Å². The average molecular weight is 186 g/mol. The summed E-state index contributed by atoms with van der Waals surface area (Å²) in [5.74, 6) is 0.758. The Balaban J connectivity index is 2.40. The van der Waals surface area contributed by atoms with Gasteiger partial charge >= 0.3 is 0 Å². The van der Waals surface area contributed by atoms with Crippen molar-refractivity contribution in [3.05, 3.63) is 36.3 Å². The number of hydrogen-bond donors (Lipinski definition) is 0. The predicted molar refractivity (Wildman–Crippen MR) is 52.5 cm³/mol. The molecule has 2 aromatic rings. The molecule has 0 saturated heterocycles. The van der Waals surface area contributed by atoms with Crippen LogP contribution in [0, 0.1) is 13.8 Å². The molecule has 70 valence electrons. The van der Waals surface area contributed by atoms with Gasteiger partial charge in [-0.15, -0.1) is 0 Å². The van der Waals surface area contributed by atoms with Crippen LogP contribution in [0.4, 0.5) is 0 Å². The van der Waals surface area contributed by atoms with Gasteiger partial charge in [0.25, 0.3) is 0 Å². The van der Waals surface area contributed by atoms with E-state index < -0.39 is 0 Å². The van der Waals surface area contributed by atoms with Crippen LogP contribution in [0.3, 0.4) is 0 Å². The number of aromatic nitrogens is 4. The summed E-state index contributed by atoms with van der Waals surface area (Å²) < 4.78 is 0. The van der Waals surface area contributed by atoms with Crippen LogP contribution in [0.25, 0.3) is 11.3 Å². The zero-order chi connectivity index (χ0) is 9.97. The van der Waals surface area contributed by atoms with Gasteiger partial charge in [-0.3, -0.25) is 9.97 Å². The molecule has 0 unspecified atom stereocenters. The quantitative estimate of drug-likeness (QED) is 0.678. The van der Waals surface area contributed by atoms with Gasteiger partial charge in [-0.05, 0) is 13.8 Å². The third-order valence-corrected chi connectivity index (χ3v) is 1.86. The normalized spacial score (nSPS) is 10.1. The van der Waals surface area contributed by atoms with Crippen molar-refractivity contribution in [3.8, 4) is 11.3 Å². The fraction of sp³-hybridized carbons (Fsp3) is 0.200. The molecular weight excluding hydrogens is 176 g/mol. The van der Waals surface area contributed by atoms with Crippen molar-refractivity contribution >= 4 is 0 Å². The molecule has 0 atom stereocenters. The molecule has 4 heteroatoms. The highest BCUT2D eigenvalue weighted by atomic mass is 14.9. The Bertz CT molecular complexity index is 375. The van der Waals surface area contributed by atoms with Crippen molar-refractivity contribution in [2.45, 2.75) is 13.8 Å². The van der Waals surface area contributed by atoms with Crippen molar-refractivity contribution in [1.29, 1.82) is 0 Å². The second kappa shape index (κ2) is 3.49. The third-order valence-electron chi connectivity index (χ3n) is 1.86. The van der Waals surface area contributed by atoms with Gasteiger partial charge in [0.15, 0.2) is 0 Å². The summed E-state index contributed by atoms with van der Waals surface area (Å²) in [6, 6.07) is 0. The topological polar surface area (TPSA) is 51.6 Å². The van der Waals surface area contributed by atoms with Crippen molar-refractivity contribution < 1.29 is 0 Å². The van der Waals surface area contributed by atoms with Crippen LogP contribution >= 0.6 is 0 Å². The maximum absolute atomic E-state index is 4.24. The van der Waals surface area contributed by atoms with E-state index in [1.54, 1.807) is 24.8 Å². The fourth-order valence-corrected chi connectivity index (χ4v) is 1.07. The lowest BCUT2D eigenvalue weighted by molar-refractivity contribution is 1.04. The molecule has 0 bridgehead atoms. The summed E-state index contributed by atoms with van der Waals surface area (Å²) in [4.78, 5) is 16.6. The molecule has 2 rings (SSSR count). The summed E-state index contributed by atoms with van der Waals surface area (Å²) in [6.45, 7) is 3.76. The molecule has 4 nitrogen and oxygen atoms in total. The number of aryl methyl sites for hydroxylation is 2. The van der Waals surface area contributed by atoms with Crippen LogP contribution in [0.1, 0.15) is 11.5 Å². The Labute approximate surface area is 82.1 Å². The molecule has 0 aliphatic heterocycles. The van der Waals surface area contributed by atoms with Crippen molar-refractivity contribution in [2.24, 2.45) is 0 Å². The molecule has 14 heavy (non-hydrogen) atoms. The predicted octanol–water partition coefficient (Wildman–Crippen LogP) is 1.55. The molecule has 0 amide bonds. The van der Waals surface area contributed by atoms with Gasteiger partial charge < -0.3 is 0 Å². The minimum atomic E-state index is 0.758. The summed E-state index contributed by atoms with van der Waals surface area (Å²) in [7, 11) is 0. The maximum atomic E-state index is 4.24. The monoisotopic (exact) mass is 186 g/mol. The molecule has 2 aromatic heterocycles. The van der Waals surface area contributed by atoms with Gasteiger partial charge in [0.1, 0.15) is 5.82 Å². The van der Waals surface area contributed by atoms with E-state index >= 15 is 0 Å². The lowest BCUT2D eigenvalue weighted by Gasteiger charge is -1.99. The first-order chi connectivity index (χ1) is 6.75. The first-order valence-electron chi connectivity index (χ1n) is 4.33. The number of rotatable bonds is 1. The lowest BCUT2D eigenvalue weighted by atomic mass is 10.2. The van der Waals surface area contributed by atoms with E-state index in [9.17, 15) is 0 Å². The molecule has 0 aliphatic rings. The second-order valence-corrected chi connectivity index (χ2v) is 3.06. The van der Waals surface area contributed by atoms with E-state index in [0.29, 0.717) is 0 Å². The molecule has 0 saturated carbocycles. The van der Waals surface area contributed by atoms with Crippen LogP contribution in [-0.4, -0.2) is 19.9 Å². The molecular formula is C10H10N4. The SMILES string of the molecule is Cc1cnc(-c2cnc(C)nc2)cn1. The van der Waals surface area contributed by atoms with Crippen LogP contribution < -0.4 is 0 Å². The van der Waals surface area contributed by atoms with Gasteiger partial charge in [-0.25, -0.2) is 9.97 Å². The van der Waals surface area contributed by atoms with Gasteiger partial charge in [-0.1, -0.05) is 0 Å². The van der Waals surface area contributed by atoms with Crippen molar-refractivity contribution in [1.82, 2.24) is 19.9 Å². The van der Waals surface area contributed by atoms with Crippen molar-refractivity contribution in [3.63, 3.8) is 0 Å². The Hall–Kier alpha value is -1.84. The Morgan fingerprint density at radius 2 is 1.50 bits per heavy atom. The highest BCUT2D eigenvalue weighted by Crippen LogP contribution is 2.12. The average Bonchev–Trinajstić information content (AvgIpc) is 2.21. The number of hydrogen-bond acceptors (Lipinski definition) is 4. The second-order valence-electron chi connectivity index (χ2n) is 3.06. The molecule has 0 aromatic carbocycles. The lowest BCUT2D eigenvalue weighted by Crippen LogP contribution is -1.91. The van der Waals surface area contributed by atoms with E-state index in [4.69, 9.17) is 0 Å². The molecule has 0 radical (unpaired) electrons. The molecule has 0 aliphatic carbocycles. The summed E-state index contributed by atoms with van der Waals surface area (Å²) >= 11 is 0. The third kappa shape index (κ3) is 1.74. The van der Waals surface area contributed by atoms with E-state index in [1.807, 2.05) is 13.8 Å². The minimum absolute atomic E-state index is 0.758. The smallest absolute Gasteiger partial charge is 0.125 e. The summed E-state index contributed by atoms with van der Waals surface area (Å²) in [6.07, 6.45) is 6.96. The van der Waals surface area contributed by atoms with Crippen molar-refractivity contribution in [2.75, 3.05) is 0 Å². The standard InChI is InChI=1S/C10H10N4/c1-7-3-14-10(6-11-7)9-4-12-8(2)13-5-9/h3-6H,1-2H3. The van der Waals surface area contributed by atoms with Crippen LogP contribution in [-0.2, 0) is 0 Å². The van der Waals surface area contributed by atoms with E-state index in [1.165, 1.54) is 0 Å². The van der Waals surface area contributed by atoms with Gasteiger partial charge in [-0.2, -0.15) is 0 Å². The molecule has 0 fully saturated rings. The van der Waals surface area contributed by atoms with E-state index in [0.717, 1.165) is 22.8 Å².